The molecule has 0 spiro atoms. The van der Waals surface area contributed by atoms with Crippen LogP contribution < -0.4 is 5.32 Å². The number of benzene rings is 1. The van der Waals surface area contributed by atoms with E-state index in [2.05, 4.69) is 37.4 Å². The molecule has 2 rings (SSSR count). The second kappa shape index (κ2) is 6.95. The third-order valence-electron chi connectivity index (χ3n) is 3.25. The number of hydrogen-bond acceptors (Lipinski definition) is 3. The lowest BCUT2D eigenvalue weighted by molar-refractivity contribution is -0.119. The highest BCUT2D eigenvalue weighted by molar-refractivity contribution is 8.01. The largest absolute Gasteiger partial charge is 0.349 e. The third-order valence-corrected chi connectivity index (χ3v) is 5.38. The summed E-state index contributed by atoms with van der Waals surface area (Å²) in [6.45, 7) is 6.22. The molecule has 2 aromatic rings. The summed E-state index contributed by atoms with van der Waals surface area (Å²) >= 11 is 3.25. The Bertz CT molecular complexity index is 578. The van der Waals surface area contributed by atoms with E-state index in [-0.39, 0.29) is 11.9 Å². The maximum absolute atomic E-state index is 11.9. The van der Waals surface area contributed by atoms with Crippen molar-refractivity contribution >= 4 is 29.0 Å². The van der Waals surface area contributed by atoms with Crippen molar-refractivity contribution in [2.75, 3.05) is 5.75 Å². The molecule has 1 aromatic heterocycles. The normalized spacial score (nSPS) is 12.2. The Morgan fingerprint density at radius 3 is 2.75 bits per heavy atom. The molecule has 0 aliphatic carbocycles. The van der Waals surface area contributed by atoms with Crippen LogP contribution in [-0.4, -0.2) is 11.7 Å². The SMILES string of the molecule is Cc1ccc(C(C)NC(=O)CSc2cccs2)cc1C. The van der Waals surface area contributed by atoms with E-state index in [9.17, 15) is 4.79 Å². The lowest BCUT2D eigenvalue weighted by Crippen LogP contribution is -2.28. The Hall–Kier alpha value is -1.26. The smallest absolute Gasteiger partial charge is 0.230 e. The molecule has 0 bridgehead atoms. The van der Waals surface area contributed by atoms with Crippen LogP contribution in [-0.2, 0) is 4.79 Å². The summed E-state index contributed by atoms with van der Waals surface area (Å²) < 4.78 is 1.18. The van der Waals surface area contributed by atoms with E-state index in [0.717, 1.165) is 5.56 Å². The zero-order valence-corrected chi connectivity index (χ0v) is 13.6. The van der Waals surface area contributed by atoms with Crippen molar-refractivity contribution < 1.29 is 4.79 Å². The Kier molecular flexibility index (Phi) is 5.26. The minimum Gasteiger partial charge on any atom is -0.349 e. The van der Waals surface area contributed by atoms with Crippen LogP contribution in [0.25, 0.3) is 0 Å². The van der Waals surface area contributed by atoms with Crippen molar-refractivity contribution in [2.24, 2.45) is 0 Å². The molecule has 106 valence electrons. The fraction of sp³-hybridized carbons (Fsp3) is 0.312. The van der Waals surface area contributed by atoms with Gasteiger partial charge in [0.25, 0.3) is 0 Å². The van der Waals surface area contributed by atoms with E-state index in [0.29, 0.717) is 5.75 Å². The molecule has 1 heterocycles. The van der Waals surface area contributed by atoms with Gasteiger partial charge in [-0.1, -0.05) is 24.3 Å². The van der Waals surface area contributed by atoms with Gasteiger partial charge in [-0.15, -0.1) is 23.1 Å². The van der Waals surface area contributed by atoms with Gasteiger partial charge in [-0.25, -0.2) is 0 Å². The van der Waals surface area contributed by atoms with Gasteiger partial charge in [-0.2, -0.15) is 0 Å². The first-order valence-corrected chi connectivity index (χ1v) is 8.45. The molecule has 1 aromatic carbocycles. The van der Waals surface area contributed by atoms with Crippen molar-refractivity contribution in [3.63, 3.8) is 0 Å². The Labute approximate surface area is 128 Å². The highest BCUT2D eigenvalue weighted by atomic mass is 32.2. The monoisotopic (exact) mass is 305 g/mol. The van der Waals surface area contributed by atoms with E-state index in [1.54, 1.807) is 23.1 Å². The number of carbonyl (C=O) groups is 1. The van der Waals surface area contributed by atoms with Crippen molar-refractivity contribution in [3.05, 3.63) is 52.4 Å². The molecule has 0 saturated carbocycles. The number of thioether (sulfide) groups is 1. The number of nitrogens with one attached hydrogen (secondary N) is 1. The quantitative estimate of drug-likeness (QED) is 0.833. The number of carbonyl (C=O) groups excluding carboxylic acids is 1. The van der Waals surface area contributed by atoms with Crippen LogP contribution in [0.4, 0.5) is 0 Å². The molecule has 4 heteroatoms. The first-order valence-electron chi connectivity index (χ1n) is 6.59. The fourth-order valence-electron chi connectivity index (χ4n) is 1.88. The predicted molar refractivity (Wildman–Crippen MR) is 87.5 cm³/mol. The summed E-state index contributed by atoms with van der Waals surface area (Å²) in [6.07, 6.45) is 0. The van der Waals surface area contributed by atoms with Gasteiger partial charge in [0.05, 0.1) is 16.0 Å². The van der Waals surface area contributed by atoms with Crippen LogP contribution in [0.15, 0.2) is 39.9 Å². The number of hydrogen-bond donors (Lipinski definition) is 1. The van der Waals surface area contributed by atoms with Crippen molar-refractivity contribution in [1.82, 2.24) is 5.32 Å². The number of thiophene rings is 1. The molecule has 0 radical (unpaired) electrons. The zero-order chi connectivity index (χ0) is 14.5. The lowest BCUT2D eigenvalue weighted by atomic mass is 10.0. The maximum atomic E-state index is 11.9. The molecule has 0 aliphatic rings. The van der Waals surface area contributed by atoms with Crippen molar-refractivity contribution in [3.8, 4) is 0 Å². The van der Waals surface area contributed by atoms with Gasteiger partial charge in [0.2, 0.25) is 5.91 Å². The minimum absolute atomic E-state index is 0.0470. The summed E-state index contributed by atoms with van der Waals surface area (Å²) in [5, 5.41) is 5.08. The van der Waals surface area contributed by atoms with E-state index in [1.165, 1.54) is 15.3 Å². The summed E-state index contributed by atoms with van der Waals surface area (Å²) in [6, 6.07) is 10.4. The van der Waals surface area contributed by atoms with Crippen LogP contribution in [0.3, 0.4) is 0 Å². The molecule has 1 unspecified atom stereocenters. The molecule has 2 nitrogen and oxygen atoms in total. The van der Waals surface area contributed by atoms with Crippen LogP contribution in [0.2, 0.25) is 0 Å². The fourth-order valence-corrected chi connectivity index (χ4v) is 3.48. The van der Waals surface area contributed by atoms with Gasteiger partial charge >= 0.3 is 0 Å². The zero-order valence-electron chi connectivity index (χ0n) is 12.0. The second-order valence-corrected chi connectivity index (χ2v) is 7.08. The Balaban J connectivity index is 1.88. The molecule has 0 fully saturated rings. The van der Waals surface area contributed by atoms with Gasteiger partial charge in [0.15, 0.2) is 0 Å². The third kappa shape index (κ3) is 4.12. The summed E-state index contributed by atoms with van der Waals surface area (Å²) in [7, 11) is 0. The van der Waals surface area contributed by atoms with Crippen LogP contribution in [0.5, 0.6) is 0 Å². The minimum atomic E-state index is 0.0470. The van der Waals surface area contributed by atoms with Crippen LogP contribution >= 0.6 is 23.1 Å². The van der Waals surface area contributed by atoms with Gasteiger partial charge in [0, 0.05) is 0 Å². The number of aryl methyl sites for hydroxylation is 2. The number of rotatable bonds is 5. The topological polar surface area (TPSA) is 29.1 Å². The van der Waals surface area contributed by atoms with E-state index >= 15 is 0 Å². The summed E-state index contributed by atoms with van der Waals surface area (Å²) in [5.74, 6) is 0.546. The first-order chi connectivity index (χ1) is 9.56. The lowest BCUT2D eigenvalue weighted by Gasteiger charge is -2.15. The van der Waals surface area contributed by atoms with Gasteiger partial charge < -0.3 is 5.32 Å². The van der Waals surface area contributed by atoms with Gasteiger partial charge in [0.1, 0.15) is 0 Å². The second-order valence-electron chi connectivity index (χ2n) is 4.85. The van der Waals surface area contributed by atoms with Gasteiger partial charge in [-0.3, -0.25) is 4.79 Å². The van der Waals surface area contributed by atoms with Crippen LogP contribution in [0, 0.1) is 13.8 Å². The molecular weight excluding hydrogens is 286 g/mol. The first kappa shape index (κ1) is 15.1. The maximum Gasteiger partial charge on any atom is 0.230 e. The molecular formula is C16H19NOS2. The average Bonchev–Trinajstić information content (AvgIpc) is 2.92. The Morgan fingerprint density at radius 1 is 1.30 bits per heavy atom. The molecule has 0 saturated heterocycles. The van der Waals surface area contributed by atoms with Crippen molar-refractivity contribution in [1.29, 1.82) is 0 Å². The summed E-state index contributed by atoms with van der Waals surface area (Å²) in [4.78, 5) is 11.9. The standard InChI is InChI=1S/C16H19NOS2/c1-11-6-7-14(9-12(11)2)13(3)17-15(18)10-20-16-5-4-8-19-16/h4-9,13H,10H2,1-3H3,(H,17,18). The van der Waals surface area contributed by atoms with E-state index < -0.39 is 0 Å². The molecule has 20 heavy (non-hydrogen) atoms. The average molecular weight is 305 g/mol. The summed E-state index contributed by atoms with van der Waals surface area (Å²) in [5.41, 5.74) is 3.69. The predicted octanol–water partition coefficient (Wildman–Crippen LogP) is 4.33. The van der Waals surface area contributed by atoms with E-state index in [1.807, 2.05) is 24.4 Å². The van der Waals surface area contributed by atoms with Crippen molar-refractivity contribution in [2.45, 2.75) is 31.0 Å². The van der Waals surface area contributed by atoms with E-state index in [4.69, 9.17) is 0 Å². The number of amides is 1. The molecule has 0 aliphatic heterocycles. The highest BCUT2D eigenvalue weighted by Crippen LogP contribution is 2.23. The van der Waals surface area contributed by atoms with Crippen LogP contribution in [0.1, 0.15) is 29.7 Å². The highest BCUT2D eigenvalue weighted by Gasteiger charge is 2.10. The molecule has 1 N–H and O–H groups in total. The van der Waals surface area contributed by atoms with Gasteiger partial charge in [-0.05, 0) is 48.9 Å². The molecule has 1 amide bonds. The Morgan fingerprint density at radius 2 is 2.10 bits per heavy atom. The molecule has 1 atom stereocenters.